The first-order chi connectivity index (χ1) is 12.9. The van der Waals surface area contributed by atoms with Crippen molar-refractivity contribution in [3.05, 3.63) is 75.9 Å². The van der Waals surface area contributed by atoms with Crippen LogP contribution in [-0.2, 0) is 0 Å². The third kappa shape index (κ3) is 3.61. The standard InChI is InChI=1S/C24H32N2Si2/c1-17-9-12-19(13-10-17)23-20-14-11-18(2)15-21(20)24(22(23)16-25)26(27(3,4)5)28(6,7)8/h9-15,23H,1-8H3. The second-order valence-corrected chi connectivity index (χ2v) is 20.0. The summed E-state index contributed by atoms with van der Waals surface area (Å²) in [6.45, 7) is 18.7. The van der Waals surface area contributed by atoms with Crippen molar-refractivity contribution in [3.63, 3.8) is 0 Å². The molecule has 0 spiro atoms. The highest BCUT2D eigenvalue weighted by Crippen LogP contribution is 2.49. The Kier molecular flexibility index (Phi) is 5.20. The molecule has 2 aromatic rings. The summed E-state index contributed by atoms with van der Waals surface area (Å²) >= 11 is 0. The molecular formula is C24H32N2Si2. The van der Waals surface area contributed by atoms with Gasteiger partial charge in [-0.2, -0.15) is 5.26 Å². The highest BCUT2D eigenvalue weighted by molar-refractivity contribution is 6.91. The second kappa shape index (κ2) is 7.06. The Morgan fingerprint density at radius 2 is 1.36 bits per heavy atom. The summed E-state index contributed by atoms with van der Waals surface area (Å²) in [5, 5.41) is 10.3. The summed E-state index contributed by atoms with van der Waals surface area (Å²) in [5.41, 5.74) is 8.41. The molecule has 0 saturated carbocycles. The summed E-state index contributed by atoms with van der Waals surface area (Å²) in [4.78, 5) is 0. The Labute approximate surface area is 172 Å². The normalized spacial score (nSPS) is 16.8. The van der Waals surface area contributed by atoms with Gasteiger partial charge in [-0.15, -0.1) is 0 Å². The van der Waals surface area contributed by atoms with E-state index in [0.29, 0.717) is 0 Å². The van der Waals surface area contributed by atoms with Crippen LogP contribution in [0.15, 0.2) is 48.0 Å². The topological polar surface area (TPSA) is 27.0 Å². The minimum Gasteiger partial charge on any atom is -0.423 e. The van der Waals surface area contributed by atoms with E-state index in [2.05, 4.69) is 106 Å². The predicted octanol–water partition coefficient (Wildman–Crippen LogP) is 6.66. The van der Waals surface area contributed by atoms with Crippen molar-refractivity contribution in [2.45, 2.75) is 59.0 Å². The molecule has 1 aliphatic rings. The minimum absolute atomic E-state index is 0.0337. The van der Waals surface area contributed by atoms with Crippen molar-refractivity contribution in [2.75, 3.05) is 0 Å². The average Bonchev–Trinajstić information content (AvgIpc) is 2.86. The number of hydrogen-bond acceptors (Lipinski definition) is 2. The zero-order valence-corrected chi connectivity index (χ0v) is 20.5. The van der Waals surface area contributed by atoms with Crippen LogP contribution in [0.5, 0.6) is 0 Å². The molecule has 0 heterocycles. The molecule has 146 valence electrons. The first-order valence-corrected chi connectivity index (χ1v) is 17.0. The largest absolute Gasteiger partial charge is 0.423 e. The van der Waals surface area contributed by atoms with Gasteiger partial charge < -0.3 is 4.23 Å². The molecule has 0 bridgehead atoms. The van der Waals surface area contributed by atoms with Crippen LogP contribution < -0.4 is 0 Å². The average molecular weight is 405 g/mol. The lowest BCUT2D eigenvalue weighted by molar-refractivity contribution is 0.856. The Morgan fingerprint density at radius 1 is 0.821 bits per heavy atom. The first-order valence-electron chi connectivity index (χ1n) is 10.1. The highest BCUT2D eigenvalue weighted by Gasteiger charge is 2.43. The van der Waals surface area contributed by atoms with Crippen molar-refractivity contribution < 1.29 is 0 Å². The second-order valence-electron chi connectivity index (χ2n) is 9.99. The molecule has 3 rings (SSSR count). The molecule has 0 fully saturated rings. The van der Waals surface area contributed by atoms with E-state index < -0.39 is 16.5 Å². The fourth-order valence-corrected chi connectivity index (χ4v) is 14.6. The van der Waals surface area contributed by atoms with Gasteiger partial charge >= 0.3 is 0 Å². The van der Waals surface area contributed by atoms with E-state index in [1.165, 1.54) is 33.5 Å². The molecule has 1 unspecified atom stereocenters. The van der Waals surface area contributed by atoms with Crippen LogP contribution in [0, 0.1) is 25.2 Å². The summed E-state index contributed by atoms with van der Waals surface area (Å²) in [6.07, 6.45) is 0. The van der Waals surface area contributed by atoms with E-state index in [-0.39, 0.29) is 5.92 Å². The van der Waals surface area contributed by atoms with Crippen LogP contribution in [-0.4, -0.2) is 20.7 Å². The molecule has 0 N–H and O–H groups in total. The van der Waals surface area contributed by atoms with E-state index in [1.54, 1.807) is 0 Å². The van der Waals surface area contributed by atoms with Crippen molar-refractivity contribution >= 4 is 22.2 Å². The quantitative estimate of drug-likeness (QED) is 0.533. The van der Waals surface area contributed by atoms with E-state index in [1.807, 2.05) is 0 Å². The smallest absolute Gasteiger partial charge is 0.138 e. The molecule has 0 saturated heterocycles. The van der Waals surface area contributed by atoms with Gasteiger partial charge in [-0.05, 0) is 31.0 Å². The van der Waals surface area contributed by atoms with Crippen LogP contribution in [0.3, 0.4) is 0 Å². The molecule has 0 radical (unpaired) electrons. The van der Waals surface area contributed by atoms with Crippen LogP contribution in [0.1, 0.15) is 33.7 Å². The van der Waals surface area contributed by atoms with E-state index >= 15 is 0 Å². The van der Waals surface area contributed by atoms with Crippen molar-refractivity contribution in [1.29, 1.82) is 5.26 Å². The third-order valence-electron chi connectivity index (χ3n) is 5.42. The zero-order valence-electron chi connectivity index (χ0n) is 18.5. The lowest BCUT2D eigenvalue weighted by Crippen LogP contribution is -2.57. The SMILES string of the molecule is Cc1ccc(C2C(C#N)=C(N([Si](C)(C)C)[Si](C)(C)C)c3cc(C)ccc32)cc1. The molecule has 1 atom stereocenters. The van der Waals surface area contributed by atoms with Gasteiger partial charge in [0.1, 0.15) is 16.5 Å². The van der Waals surface area contributed by atoms with Gasteiger partial charge in [0.15, 0.2) is 0 Å². The maximum absolute atomic E-state index is 10.3. The number of nitriles is 1. The summed E-state index contributed by atoms with van der Waals surface area (Å²) in [7, 11) is -3.37. The van der Waals surface area contributed by atoms with Gasteiger partial charge in [-0.3, -0.25) is 0 Å². The molecule has 0 aromatic heterocycles. The van der Waals surface area contributed by atoms with Crippen molar-refractivity contribution in [1.82, 2.24) is 4.23 Å². The Morgan fingerprint density at radius 3 is 1.86 bits per heavy atom. The lowest BCUT2D eigenvalue weighted by Gasteiger charge is -2.47. The van der Waals surface area contributed by atoms with Gasteiger partial charge in [0.2, 0.25) is 0 Å². The molecule has 0 aliphatic heterocycles. The monoisotopic (exact) mass is 404 g/mol. The Hall–Kier alpha value is -2.10. The molecule has 4 heteroatoms. The van der Waals surface area contributed by atoms with Crippen molar-refractivity contribution in [3.8, 4) is 6.07 Å². The fourth-order valence-electron chi connectivity index (χ4n) is 4.70. The number of aryl methyl sites for hydroxylation is 2. The molecule has 2 nitrogen and oxygen atoms in total. The van der Waals surface area contributed by atoms with E-state index in [0.717, 1.165) is 5.57 Å². The number of hydrogen-bond donors (Lipinski definition) is 0. The third-order valence-corrected chi connectivity index (χ3v) is 12.6. The maximum atomic E-state index is 10.3. The fraction of sp³-hybridized carbons (Fsp3) is 0.375. The molecule has 2 aromatic carbocycles. The number of rotatable bonds is 4. The molecule has 1 aliphatic carbocycles. The number of nitrogens with zero attached hydrogens (tertiary/aromatic N) is 2. The first kappa shape index (κ1) is 20.6. The van der Waals surface area contributed by atoms with Gasteiger partial charge in [-0.1, -0.05) is 86.8 Å². The predicted molar refractivity (Wildman–Crippen MR) is 125 cm³/mol. The van der Waals surface area contributed by atoms with Crippen molar-refractivity contribution in [2.24, 2.45) is 0 Å². The maximum Gasteiger partial charge on any atom is 0.138 e. The number of fused-ring (bicyclic) bond motifs is 1. The van der Waals surface area contributed by atoms with Crippen LogP contribution in [0.25, 0.3) is 5.70 Å². The van der Waals surface area contributed by atoms with Crippen LogP contribution in [0.2, 0.25) is 39.3 Å². The van der Waals surface area contributed by atoms with Gasteiger partial charge in [-0.25, -0.2) is 0 Å². The molecule has 0 amide bonds. The number of benzene rings is 2. The van der Waals surface area contributed by atoms with Gasteiger partial charge in [0.25, 0.3) is 0 Å². The zero-order chi connectivity index (χ0) is 20.9. The molecule has 28 heavy (non-hydrogen) atoms. The van der Waals surface area contributed by atoms with Gasteiger partial charge in [0, 0.05) is 17.2 Å². The van der Waals surface area contributed by atoms with Crippen LogP contribution >= 0.6 is 0 Å². The number of allylic oxidation sites excluding steroid dienone is 1. The summed E-state index contributed by atoms with van der Waals surface area (Å²) in [5.74, 6) is 0.0337. The Bertz CT molecular complexity index is 954. The summed E-state index contributed by atoms with van der Waals surface area (Å²) < 4.78 is 2.71. The lowest BCUT2D eigenvalue weighted by atomic mass is 9.88. The van der Waals surface area contributed by atoms with E-state index in [9.17, 15) is 5.26 Å². The summed E-state index contributed by atoms with van der Waals surface area (Å²) in [6, 6.07) is 18.1. The molecular weight excluding hydrogens is 372 g/mol. The Balaban J connectivity index is 2.35. The highest BCUT2D eigenvalue weighted by atomic mass is 28.4. The minimum atomic E-state index is -1.68. The van der Waals surface area contributed by atoms with Gasteiger partial charge in [0.05, 0.1) is 11.6 Å². The van der Waals surface area contributed by atoms with Crippen LogP contribution in [0.4, 0.5) is 0 Å². The van der Waals surface area contributed by atoms with E-state index in [4.69, 9.17) is 0 Å².